The van der Waals surface area contributed by atoms with Crippen LogP contribution in [-0.2, 0) is 21.2 Å². The van der Waals surface area contributed by atoms with Crippen LogP contribution in [0.2, 0.25) is 0 Å². The second-order valence-corrected chi connectivity index (χ2v) is 10.2. The van der Waals surface area contributed by atoms with Crippen LogP contribution in [0.25, 0.3) is 0 Å². The van der Waals surface area contributed by atoms with Gasteiger partial charge in [-0.3, -0.25) is 9.10 Å². The Balaban J connectivity index is 1.70. The van der Waals surface area contributed by atoms with E-state index in [1.165, 1.54) is 24.3 Å². The number of amides is 1. The Bertz CT molecular complexity index is 1170. The fraction of sp³-hybridized carbons (Fsp3) is 0.208. The third-order valence-electron chi connectivity index (χ3n) is 4.87. The highest BCUT2D eigenvalue weighted by Crippen LogP contribution is 2.26. The summed E-state index contributed by atoms with van der Waals surface area (Å²) < 4.78 is 41.5. The van der Waals surface area contributed by atoms with Gasteiger partial charge in [-0.1, -0.05) is 51.8 Å². The number of nitrogens with zero attached hydrogens (tertiary/aromatic N) is 1. The fourth-order valence-corrected chi connectivity index (χ4v) is 4.94. The van der Waals surface area contributed by atoms with Gasteiger partial charge in [0, 0.05) is 11.0 Å². The van der Waals surface area contributed by atoms with Gasteiger partial charge in [0.05, 0.1) is 10.6 Å². The van der Waals surface area contributed by atoms with Crippen molar-refractivity contribution in [3.63, 3.8) is 0 Å². The summed E-state index contributed by atoms with van der Waals surface area (Å²) in [5, 5.41) is 2.78. The molecule has 0 aliphatic carbocycles. The number of carbonyl (C=O) groups excluding carboxylic acids is 1. The number of nitrogens with one attached hydrogen (secondary N) is 1. The molecule has 0 unspecified atom stereocenters. The number of carbonyl (C=O) groups is 1. The van der Waals surface area contributed by atoms with Gasteiger partial charge in [0.2, 0.25) is 5.91 Å². The van der Waals surface area contributed by atoms with Crippen molar-refractivity contribution in [2.45, 2.75) is 24.7 Å². The molecule has 0 aliphatic rings. The number of rotatable bonds is 9. The Morgan fingerprint density at radius 2 is 1.72 bits per heavy atom. The van der Waals surface area contributed by atoms with Crippen LogP contribution in [0.4, 0.5) is 10.1 Å². The summed E-state index contributed by atoms with van der Waals surface area (Å²) >= 11 is 3.36. The van der Waals surface area contributed by atoms with Crippen molar-refractivity contribution in [1.82, 2.24) is 5.32 Å². The highest BCUT2D eigenvalue weighted by molar-refractivity contribution is 9.10. The summed E-state index contributed by atoms with van der Waals surface area (Å²) in [7, 11) is -3.94. The molecule has 0 saturated heterocycles. The van der Waals surface area contributed by atoms with E-state index in [9.17, 15) is 17.6 Å². The first-order chi connectivity index (χ1) is 15.3. The average molecular weight is 519 g/mol. The summed E-state index contributed by atoms with van der Waals surface area (Å²) in [6, 6.07) is 19.6. The molecule has 0 aliphatic heterocycles. The predicted molar refractivity (Wildman–Crippen MR) is 128 cm³/mol. The summed E-state index contributed by atoms with van der Waals surface area (Å²) in [5.74, 6) is -0.691. The van der Waals surface area contributed by atoms with E-state index < -0.39 is 15.9 Å². The van der Waals surface area contributed by atoms with Gasteiger partial charge in [-0.15, -0.1) is 0 Å². The first-order valence-corrected chi connectivity index (χ1v) is 12.3. The summed E-state index contributed by atoms with van der Waals surface area (Å²) in [6.07, 6.45) is 1.33. The molecule has 1 N–H and O–H groups in total. The molecule has 0 atom stereocenters. The van der Waals surface area contributed by atoms with Crippen LogP contribution in [-0.4, -0.2) is 27.4 Å². The maximum Gasteiger partial charge on any atom is 0.264 e. The summed E-state index contributed by atoms with van der Waals surface area (Å²) in [4.78, 5) is 12.7. The number of benzene rings is 3. The molecular formula is C24H24BrFN2O3S. The predicted octanol–water partition coefficient (Wildman–Crippen LogP) is 4.84. The van der Waals surface area contributed by atoms with Gasteiger partial charge in [-0.25, -0.2) is 12.8 Å². The van der Waals surface area contributed by atoms with E-state index in [1.54, 1.807) is 48.5 Å². The number of hydrogen-bond donors (Lipinski definition) is 1. The lowest BCUT2D eigenvalue weighted by atomic mass is 10.1. The SMILES string of the molecule is Cc1ccc(S(=O)(=O)N(CC(=O)NCCCc2ccc(F)cc2)c2cccc(Br)c2)cc1. The standard InChI is InChI=1S/C24H24BrFN2O3S/c1-18-7-13-23(14-8-18)32(30,31)28(22-6-2-5-20(25)16-22)17-24(29)27-15-3-4-19-9-11-21(26)12-10-19/h2,5-14,16H,3-4,15,17H2,1H3,(H,27,29). The normalized spacial score (nSPS) is 11.2. The van der Waals surface area contributed by atoms with Crippen molar-refractivity contribution in [3.8, 4) is 0 Å². The fourth-order valence-electron chi connectivity index (χ4n) is 3.14. The van der Waals surface area contributed by atoms with Crippen molar-refractivity contribution < 1.29 is 17.6 Å². The Morgan fingerprint density at radius 1 is 1.03 bits per heavy atom. The van der Waals surface area contributed by atoms with Gasteiger partial charge in [0.25, 0.3) is 10.0 Å². The minimum absolute atomic E-state index is 0.118. The molecule has 0 radical (unpaired) electrons. The maximum absolute atomic E-state index is 13.3. The Hall–Kier alpha value is -2.71. The van der Waals surface area contributed by atoms with Gasteiger partial charge in [0.15, 0.2) is 0 Å². The number of sulfonamides is 1. The second-order valence-electron chi connectivity index (χ2n) is 7.38. The van der Waals surface area contributed by atoms with Crippen LogP contribution in [0.3, 0.4) is 0 Å². The molecule has 3 rings (SSSR count). The lowest BCUT2D eigenvalue weighted by Gasteiger charge is -2.24. The van der Waals surface area contributed by atoms with Gasteiger partial charge >= 0.3 is 0 Å². The van der Waals surface area contributed by atoms with Gasteiger partial charge in [0.1, 0.15) is 12.4 Å². The lowest BCUT2D eigenvalue weighted by Crippen LogP contribution is -2.41. The van der Waals surface area contributed by atoms with Gasteiger partial charge in [-0.05, 0) is 67.8 Å². The molecule has 0 aromatic heterocycles. The molecule has 168 valence electrons. The molecule has 1 amide bonds. The molecule has 3 aromatic rings. The Kier molecular flexibility index (Phi) is 8.04. The quantitative estimate of drug-likeness (QED) is 0.412. The van der Waals surface area contributed by atoms with Gasteiger partial charge in [-0.2, -0.15) is 0 Å². The molecule has 32 heavy (non-hydrogen) atoms. The summed E-state index contributed by atoms with van der Waals surface area (Å²) in [5.41, 5.74) is 2.30. The zero-order chi connectivity index (χ0) is 23.1. The van der Waals surface area contributed by atoms with E-state index in [0.29, 0.717) is 29.5 Å². The van der Waals surface area contributed by atoms with E-state index in [2.05, 4.69) is 21.2 Å². The highest BCUT2D eigenvalue weighted by Gasteiger charge is 2.27. The summed E-state index contributed by atoms with van der Waals surface area (Å²) in [6.45, 7) is 1.91. The van der Waals surface area contributed by atoms with Crippen molar-refractivity contribution in [2.75, 3.05) is 17.4 Å². The Morgan fingerprint density at radius 3 is 2.38 bits per heavy atom. The zero-order valence-electron chi connectivity index (χ0n) is 17.6. The van der Waals surface area contributed by atoms with Crippen LogP contribution >= 0.6 is 15.9 Å². The van der Waals surface area contributed by atoms with Crippen molar-refractivity contribution in [3.05, 3.63) is 94.2 Å². The van der Waals surface area contributed by atoms with E-state index in [0.717, 1.165) is 15.4 Å². The van der Waals surface area contributed by atoms with E-state index in [1.807, 2.05) is 6.92 Å². The molecule has 5 nitrogen and oxygen atoms in total. The molecular weight excluding hydrogens is 495 g/mol. The zero-order valence-corrected chi connectivity index (χ0v) is 20.0. The molecule has 0 spiro atoms. The van der Waals surface area contributed by atoms with Crippen LogP contribution in [0.1, 0.15) is 17.5 Å². The molecule has 0 bridgehead atoms. The first-order valence-electron chi connectivity index (χ1n) is 10.1. The third kappa shape index (κ3) is 6.40. The topological polar surface area (TPSA) is 66.5 Å². The Labute approximate surface area is 196 Å². The maximum atomic E-state index is 13.3. The van der Waals surface area contributed by atoms with Crippen LogP contribution < -0.4 is 9.62 Å². The smallest absolute Gasteiger partial charge is 0.264 e. The highest BCUT2D eigenvalue weighted by atomic mass is 79.9. The van der Waals surface area contributed by atoms with Crippen molar-refractivity contribution in [1.29, 1.82) is 0 Å². The number of aryl methyl sites for hydroxylation is 2. The monoisotopic (exact) mass is 518 g/mol. The lowest BCUT2D eigenvalue weighted by molar-refractivity contribution is -0.119. The van der Waals surface area contributed by atoms with E-state index in [-0.39, 0.29) is 17.3 Å². The number of anilines is 1. The number of halogens is 2. The molecule has 3 aromatic carbocycles. The molecule has 0 saturated carbocycles. The third-order valence-corrected chi connectivity index (χ3v) is 7.15. The van der Waals surface area contributed by atoms with Gasteiger partial charge < -0.3 is 5.32 Å². The van der Waals surface area contributed by atoms with E-state index in [4.69, 9.17) is 0 Å². The first kappa shape index (κ1) is 23.9. The minimum atomic E-state index is -3.94. The van der Waals surface area contributed by atoms with Crippen molar-refractivity contribution in [2.24, 2.45) is 0 Å². The minimum Gasteiger partial charge on any atom is -0.355 e. The largest absolute Gasteiger partial charge is 0.355 e. The van der Waals surface area contributed by atoms with Crippen LogP contribution in [0.15, 0.2) is 82.2 Å². The second kappa shape index (κ2) is 10.7. The van der Waals surface area contributed by atoms with Crippen molar-refractivity contribution >= 4 is 37.5 Å². The molecule has 0 fully saturated rings. The number of hydrogen-bond acceptors (Lipinski definition) is 3. The average Bonchev–Trinajstić information content (AvgIpc) is 2.76. The van der Waals surface area contributed by atoms with E-state index >= 15 is 0 Å². The molecule has 8 heteroatoms. The molecule has 0 heterocycles. The van der Waals surface area contributed by atoms with Crippen LogP contribution in [0.5, 0.6) is 0 Å². The van der Waals surface area contributed by atoms with Crippen LogP contribution in [0, 0.1) is 12.7 Å².